The van der Waals surface area contributed by atoms with E-state index in [9.17, 15) is 4.79 Å². The summed E-state index contributed by atoms with van der Waals surface area (Å²) in [5, 5.41) is 5.49. The van der Waals surface area contributed by atoms with Gasteiger partial charge in [0.15, 0.2) is 0 Å². The van der Waals surface area contributed by atoms with E-state index in [1.54, 1.807) is 11.7 Å². The predicted octanol–water partition coefficient (Wildman–Crippen LogP) is 3.30. The smallest absolute Gasteiger partial charge is 0.262 e. The lowest BCUT2D eigenvalue weighted by Gasteiger charge is -2.34. The maximum atomic E-state index is 13.3. The lowest BCUT2D eigenvalue weighted by molar-refractivity contribution is 0.0982. The molecule has 4 aromatic rings. The Bertz CT molecular complexity index is 1450. The van der Waals surface area contributed by atoms with Crippen LogP contribution in [0.15, 0.2) is 53.3 Å². The van der Waals surface area contributed by atoms with E-state index in [0.29, 0.717) is 35.8 Å². The summed E-state index contributed by atoms with van der Waals surface area (Å²) in [5.74, 6) is 0.591. The first-order valence-electron chi connectivity index (χ1n) is 12.2. The summed E-state index contributed by atoms with van der Waals surface area (Å²) in [6.45, 7) is 8.73. The number of hydrogen-bond acceptors (Lipinski definition) is 6. The van der Waals surface area contributed by atoms with Gasteiger partial charge in [-0.05, 0) is 43.3 Å². The molecule has 1 aliphatic heterocycles. The third-order valence-electron chi connectivity index (χ3n) is 6.70. The van der Waals surface area contributed by atoms with Crippen molar-refractivity contribution in [2.75, 3.05) is 39.9 Å². The van der Waals surface area contributed by atoms with Gasteiger partial charge in [0, 0.05) is 53.0 Å². The van der Waals surface area contributed by atoms with E-state index in [1.807, 2.05) is 33.3 Å². The van der Waals surface area contributed by atoms with Crippen molar-refractivity contribution in [2.24, 2.45) is 0 Å². The normalized spacial score (nSPS) is 15.4. The quantitative estimate of drug-likeness (QED) is 0.278. The first-order valence-corrected chi connectivity index (χ1v) is 12.6. The van der Waals surface area contributed by atoms with Gasteiger partial charge in [0.05, 0.1) is 17.6 Å². The number of ether oxygens (including phenoxy) is 1. The molecule has 0 N–H and O–H groups in total. The molecule has 0 aliphatic carbocycles. The Kier molecular flexibility index (Phi) is 7.10. The predicted molar refractivity (Wildman–Crippen MR) is 140 cm³/mol. The van der Waals surface area contributed by atoms with Crippen LogP contribution in [0.3, 0.4) is 0 Å². The van der Waals surface area contributed by atoms with E-state index in [2.05, 4.69) is 41.0 Å². The highest BCUT2D eigenvalue weighted by Crippen LogP contribution is 2.16. The van der Waals surface area contributed by atoms with E-state index in [0.717, 1.165) is 44.7 Å². The molecule has 0 saturated carbocycles. The molecule has 9 heteroatoms. The minimum absolute atomic E-state index is 0.0406. The second-order valence-electron chi connectivity index (χ2n) is 9.26. The number of fused-ring (bicyclic) bond motifs is 3. The van der Waals surface area contributed by atoms with Crippen LogP contribution >= 0.6 is 12.2 Å². The van der Waals surface area contributed by atoms with E-state index >= 15 is 0 Å². The van der Waals surface area contributed by atoms with Gasteiger partial charge < -0.3 is 4.74 Å². The Balaban J connectivity index is 1.38. The third kappa shape index (κ3) is 4.95. The van der Waals surface area contributed by atoms with Crippen molar-refractivity contribution in [3.63, 3.8) is 0 Å². The van der Waals surface area contributed by atoms with Gasteiger partial charge in [-0.1, -0.05) is 42.0 Å². The molecule has 0 bridgehead atoms. The van der Waals surface area contributed by atoms with Crippen LogP contribution in [0.2, 0.25) is 0 Å². The lowest BCUT2D eigenvalue weighted by Crippen LogP contribution is -2.46. The maximum Gasteiger partial charge on any atom is 0.262 e. The Hall–Kier alpha value is -2.85. The van der Waals surface area contributed by atoms with Crippen LogP contribution < -0.4 is 5.56 Å². The first-order chi connectivity index (χ1) is 17.0. The number of benzene rings is 2. The Labute approximate surface area is 209 Å². The summed E-state index contributed by atoms with van der Waals surface area (Å²) < 4.78 is 11.3. The summed E-state index contributed by atoms with van der Waals surface area (Å²) in [6.07, 6.45) is 0.729. The van der Waals surface area contributed by atoms with E-state index in [1.165, 1.54) is 11.1 Å². The molecule has 8 nitrogen and oxygen atoms in total. The van der Waals surface area contributed by atoms with Gasteiger partial charge in [0.25, 0.3) is 5.56 Å². The molecule has 2 aromatic heterocycles. The third-order valence-corrected chi connectivity index (χ3v) is 7.10. The van der Waals surface area contributed by atoms with Gasteiger partial charge in [0.2, 0.25) is 10.5 Å². The van der Waals surface area contributed by atoms with Gasteiger partial charge in [-0.15, -0.1) is 5.10 Å². The molecular formula is C26H32N6O2S. The summed E-state index contributed by atoms with van der Waals surface area (Å²) in [6, 6.07) is 16.4. The Morgan fingerprint density at radius 2 is 1.80 bits per heavy atom. The zero-order valence-electron chi connectivity index (χ0n) is 20.4. The molecule has 2 aromatic carbocycles. The molecule has 35 heavy (non-hydrogen) atoms. The summed E-state index contributed by atoms with van der Waals surface area (Å²) in [5.41, 5.74) is 3.42. The second kappa shape index (κ2) is 10.4. The van der Waals surface area contributed by atoms with Gasteiger partial charge in [0.1, 0.15) is 0 Å². The Morgan fingerprint density at radius 3 is 2.57 bits per heavy atom. The van der Waals surface area contributed by atoms with Crippen molar-refractivity contribution >= 4 is 28.9 Å². The largest absolute Gasteiger partial charge is 0.385 e. The molecule has 0 amide bonds. The highest BCUT2D eigenvalue weighted by molar-refractivity contribution is 7.71. The number of aromatic nitrogens is 4. The number of aryl methyl sites for hydroxylation is 2. The minimum Gasteiger partial charge on any atom is -0.385 e. The molecule has 3 heterocycles. The molecule has 1 fully saturated rings. The second-order valence-corrected chi connectivity index (χ2v) is 9.63. The lowest BCUT2D eigenvalue weighted by atomic mass is 10.1. The van der Waals surface area contributed by atoms with Crippen molar-refractivity contribution in [1.29, 1.82) is 0 Å². The first kappa shape index (κ1) is 23.9. The molecular weight excluding hydrogens is 460 g/mol. The van der Waals surface area contributed by atoms with Crippen LogP contribution in [-0.2, 0) is 24.5 Å². The van der Waals surface area contributed by atoms with Crippen molar-refractivity contribution in [1.82, 2.24) is 28.5 Å². The number of piperazine rings is 1. The van der Waals surface area contributed by atoms with Crippen molar-refractivity contribution < 1.29 is 4.74 Å². The molecule has 0 radical (unpaired) electrons. The average molecular weight is 493 g/mol. The van der Waals surface area contributed by atoms with Crippen LogP contribution in [0.5, 0.6) is 0 Å². The van der Waals surface area contributed by atoms with Crippen molar-refractivity contribution in [2.45, 2.75) is 33.1 Å². The fraction of sp³-hybridized carbons (Fsp3) is 0.423. The van der Waals surface area contributed by atoms with Crippen molar-refractivity contribution in [3.8, 4) is 0 Å². The minimum atomic E-state index is -0.0406. The number of methoxy groups -OCH3 is 1. The van der Waals surface area contributed by atoms with Gasteiger partial charge in [-0.2, -0.15) is 0 Å². The molecule has 184 valence electrons. The molecule has 0 unspecified atom stereocenters. The average Bonchev–Trinajstić information content (AvgIpc) is 3.18. The highest BCUT2D eigenvalue weighted by atomic mass is 32.1. The monoisotopic (exact) mass is 492 g/mol. The van der Waals surface area contributed by atoms with Crippen LogP contribution in [0.4, 0.5) is 0 Å². The van der Waals surface area contributed by atoms with E-state index in [4.69, 9.17) is 22.1 Å². The highest BCUT2D eigenvalue weighted by Gasteiger charge is 2.20. The van der Waals surface area contributed by atoms with Crippen LogP contribution in [0.25, 0.3) is 16.7 Å². The summed E-state index contributed by atoms with van der Waals surface area (Å²) in [4.78, 5) is 18.1. The SMILES string of the molecule is COCCCn1c(=O)c2ccccc2n2c(=S)n(CN3CCN(Cc4cccc(C)c4)CC3)nc12. The van der Waals surface area contributed by atoms with E-state index in [-0.39, 0.29) is 5.56 Å². The molecule has 0 spiro atoms. The van der Waals surface area contributed by atoms with Crippen LogP contribution in [0.1, 0.15) is 17.5 Å². The molecule has 5 rings (SSSR count). The molecule has 1 saturated heterocycles. The fourth-order valence-electron chi connectivity index (χ4n) is 4.88. The Morgan fingerprint density at radius 1 is 1.03 bits per heavy atom. The maximum absolute atomic E-state index is 13.3. The standard InChI is InChI=1S/C26H32N6O2S/c1-20-7-5-8-21(17-20)18-28-12-14-29(15-13-28)19-31-26(35)32-23-10-4-3-9-22(23)24(33)30(25(32)27-31)11-6-16-34-2/h3-5,7-10,17H,6,11-16,18-19H2,1-2H3. The molecule has 1 aliphatic rings. The molecule has 0 atom stereocenters. The van der Waals surface area contributed by atoms with Crippen molar-refractivity contribution in [3.05, 3.63) is 74.8 Å². The zero-order valence-corrected chi connectivity index (χ0v) is 21.2. The van der Waals surface area contributed by atoms with Crippen LogP contribution in [-0.4, -0.2) is 68.4 Å². The summed E-state index contributed by atoms with van der Waals surface area (Å²) >= 11 is 5.87. The number of nitrogens with zero attached hydrogens (tertiary/aromatic N) is 6. The number of para-hydroxylation sites is 1. The number of rotatable bonds is 8. The van der Waals surface area contributed by atoms with Gasteiger partial charge in [-0.25, -0.2) is 4.68 Å². The van der Waals surface area contributed by atoms with Crippen LogP contribution in [0, 0.1) is 11.7 Å². The zero-order chi connectivity index (χ0) is 24.4. The fourth-order valence-corrected chi connectivity index (χ4v) is 5.15. The van der Waals surface area contributed by atoms with E-state index < -0.39 is 0 Å². The topological polar surface area (TPSA) is 59.9 Å². The van der Waals surface area contributed by atoms with Gasteiger partial charge in [-0.3, -0.25) is 23.6 Å². The van der Waals surface area contributed by atoms with Gasteiger partial charge >= 0.3 is 0 Å². The summed E-state index contributed by atoms with van der Waals surface area (Å²) in [7, 11) is 1.67. The number of hydrogen-bond donors (Lipinski definition) is 0.